The van der Waals surface area contributed by atoms with Crippen LogP contribution in [-0.2, 0) is 4.79 Å². The molecule has 1 aliphatic carbocycles. The summed E-state index contributed by atoms with van der Waals surface area (Å²) in [6.07, 6.45) is 6.64. The van der Waals surface area contributed by atoms with E-state index in [4.69, 9.17) is 0 Å². The standard InChI is InChI=1S/C14H26N2O/c1-10-8-15-9-13(10)14(17)16-11(2)12-6-4-3-5-7-12/h10-13,15H,3-9H2,1-2H3,(H,16,17)/t10?,11-,13?/m1/s1. The predicted molar refractivity (Wildman–Crippen MR) is 69.7 cm³/mol. The highest BCUT2D eigenvalue weighted by atomic mass is 16.2. The van der Waals surface area contributed by atoms with E-state index < -0.39 is 0 Å². The van der Waals surface area contributed by atoms with Crippen molar-refractivity contribution >= 4 is 5.91 Å². The van der Waals surface area contributed by atoms with Crippen molar-refractivity contribution in [2.45, 2.75) is 52.0 Å². The zero-order chi connectivity index (χ0) is 12.3. The lowest BCUT2D eigenvalue weighted by atomic mass is 9.84. The van der Waals surface area contributed by atoms with Crippen LogP contribution in [0.2, 0.25) is 0 Å². The summed E-state index contributed by atoms with van der Waals surface area (Å²) in [5.41, 5.74) is 0. The summed E-state index contributed by atoms with van der Waals surface area (Å²) in [5.74, 6) is 1.63. The molecular weight excluding hydrogens is 212 g/mol. The first-order chi connectivity index (χ1) is 8.18. The third kappa shape index (κ3) is 3.21. The van der Waals surface area contributed by atoms with Gasteiger partial charge in [-0.05, 0) is 38.1 Å². The molecular formula is C14H26N2O. The van der Waals surface area contributed by atoms with Crippen molar-refractivity contribution in [3.63, 3.8) is 0 Å². The molecule has 0 aromatic heterocycles. The molecule has 3 atom stereocenters. The van der Waals surface area contributed by atoms with Crippen molar-refractivity contribution in [2.24, 2.45) is 17.8 Å². The summed E-state index contributed by atoms with van der Waals surface area (Å²) < 4.78 is 0. The van der Waals surface area contributed by atoms with E-state index in [2.05, 4.69) is 24.5 Å². The van der Waals surface area contributed by atoms with E-state index in [0.29, 0.717) is 17.9 Å². The van der Waals surface area contributed by atoms with Crippen LogP contribution in [0.4, 0.5) is 0 Å². The molecule has 0 spiro atoms. The molecule has 2 unspecified atom stereocenters. The Morgan fingerprint density at radius 1 is 1.24 bits per heavy atom. The third-order valence-corrected chi connectivity index (χ3v) is 4.58. The first-order valence-electron chi connectivity index (χ1n) is 7.19. The summed E-state index contributed by atoms with van der Waals surface area (Å²) in [5, 5.41) is 6.54. The summed E-state index contributed by atoms with van der Waals surface area (Å²) in [7, 11) is 0. The second-order valence-corrected chi connectivity index (χ2v) is 5.94. The highest BCUT2D eigenvalue weighted by Crippen LogP contribution is 2.26. The number of nitrogens with one attached hydrogen (secondary N) is 2. The van der Waals surface area contributed by atoms with Crippen LogP contribution in [0.25, 0.3) is 0 Å². The van der Waals surface area contributed by atoms with Crippen LogP contribution >= 0.6 is 0 Å². The van der Waals surface area contributed by atoms with Gasteiger partial charge in [0, 0.05) is 12.6 Å². The summed E-state index contributed by atoms with van der Waals surface area (Å²) in [6.45, 7) is 6.18. The first-order valence-corrected chi connectivity index (χ1v) is 7.19. The van der Waals surface area contributed by atoms with Crippen molar-refractivity contribution in [3.05, 3.63) is 0 Å². The lowest BCUT2D eigenvalue weighted by Gasteiger charge is -2.29. The van der Waals surface area contributed by atoms with Gasteiger partial charge in [-0.15, -0.1) is 0 Å². The SMILES string of the molecule is CC1CNCC1C(=O)N[C@H](C)C1CCCCC1. The maximum Gasteiger partial charge on any atom is 0.224 e. The lowest BCUT2D eigenvalue weighted by Crippen LogP contribution is -2.43. The molecule has 3 heteroatoms. The molecule has 98 valence electrons. The van der Waals surface area contributed by atoms with E-state index in [1.807, 2.05) is 0 Å². The Morgan fingerprint density at radius 2 is 1.94 bits per heavy atom. The molecule has 1 saturated heterocycles. The minimum atomic E-state index is 0.182. The maximum absolute atomic E-state index is 12.2. The van der Waals surface area contributed by atoms with Crippen molar-refractivity contribution in [1.29, 1.82) is 0 Å². The third-order valence-electron chi connectivity index (χ3n) is 4.58. The molecule has 0 radical (unpaired) electrons. The van der Waals surface area contributed by atoms with E-state index in [0.717, 1.165) is 13.1 Å². The lowest BCUT2D eigenvalue weighted by molar-refractivity contribution is -0.126. The smallest absolute Gasteiger partial charge is 0.224 e. The van der Waals surface area contributed by atoms with Gasteiger partial charge in [0.05, 0.1) is 5.92 Å². The number of rotatable bonds is 3. The molecule has 0 bridgehead atoms. The van der Waals surface area contributed by atoms with Gasteiger partial charge in [-0.3, -0.25) is 4.79 Å². The Kier molecular flexibility index (Phi) is 4.43. The van der Waals surface area contributed by atoms with Crippen molar-refractivity contribution < 1.29 is 4.79 Å². The van der Waals surface area contributed by atoms with Crippen molar-refractivity contribution in [3.8, 4) is 0 Å². The normalized spacial score (nSPS) is 32.4. The number of hydrogen-bond donors (Lipinski definition) is 2. The van der Waals surface area contributed by atoms with Gasteiger partial charge in [0.25, 0.3) is 0 Å². The Balaban J connectivity index is 1.80. The van der Waals surface area contributed by atoms with Crippen LogP contribution in [-0.4, -0.2) is 25.0 Å². The van der Waals surface area contributed by atoms with Gasteiger partial charge in [0.2, 0.25) is 5.91 Å². The van der Waals surface area contributed by atoms with Gasteiger partial charge in [0.1, 0.15) is 0 Å². The molecule has 3 nitrogen and oxygen atoms in total. The summed E-state index contributed by atoms with van der Waals surface area (Å²) in [4.78, 5) is 12.2. The van der Waals surface area contributed by atoms with E-state index in [1.54, 1.807) is 0 Å². The summed E-state index contributed by atoms with van der Waals surface area (Å²) >= 11 is 0. The molecule has 1 aliphatic heterocycles. The predicted octanol–water partition coefficient (Wildman–Crippen LogP) is 1.93. The van der Waals surface area contributed by atoms with E-state index in [1.165, 1.54) is 32.1 Å². The average Bonchev–Trinajstić information content (AvgIpc) is 2.76. The fraction of sp³-hybridized carbons (Fsp3) is 0.929. The molecule has 1 heterocycles. The van der Waals surface area contributed by atoms with Gasteiger partial charge < -0.3 is 10.6 Å². The monoisotopic (exact) mass is 238 g/mol. The molecule has 2 rings (SSSR count). The Bertz CT molecular complexity index is 261. The molecule has 17 heavy (non-hydrogen) atoms. The Morgan fingerprint density at radius 3 is 2.53 bits per heavy atom. The van der Waals surface area contributed by atoms with Crippen molar-refractivity contribution in [2.75, 3.05) is 13.1 Å². The fourth-order valence-electron chi connectivity index (χ4n) is 3.24. The van der Waals surface area contributed by atoms with Crippen molar-refractivity contribution in [1.82, 2.24) is 10.6 Å². The van der Waals surface area contributed by atoms with Gasteiger partial charge >= 0.3 is 0 Å². The number of hydrogen-bond acceptors (Lipinski definition) is 2. The van der Waals surface area contributed by atoms with Crippen LogP contribution in [0.5, 0.6) is 0 Å². The van der Waals surface area contributed by atoms with E-state index >= 15 is 0 Å². The van der Waals surface area contributed by atoms with Crippen LogP contribution in [0.1, 0.15) is 46.0 Å². The molecule has 2 aliphatic rings. The van der Waals surface area contributed by atoms with Gasteiger partial charge in [-0.1, -0.05) is 26.2 Å². The van der Waals surface area contributed by atoms with Crippen LogP contribution < -0.4 is 10.6 Å². The summed E-state index contributed by atoms with van der Waals surface area (Å²) in [6, 6.07) is 0.357. The fourth-order valence-corrected chi connectivity index (χ4v) is 3.24. The second-order valence-electron chi connectivity index (χ2n) is 5.94. The molecule has 0 aromatic carbocycles. The topological polar surface area (TPSA) is 41.1 Å². The average molecular weight is 238 g/mol. The van der Waals surface area contributed by atoms with E-state index in [9.17, 15) is 4.79 Å². The number of carbonyl (C=O) groups excluding carboxylic acids is 1. The quantitative estimate of drug-likeness (QED) is 0.789. The zero-order valence-electron chi connectivity index (χ0n) is 11.2. The molecule has 2 N–H and O–H groups in total. The van der Waals surface area contributed by atoms with Gasteiger partial charge in [-0.25, -0.2) is 0 Å². The minimum absolute atomic E-state index is 0.182. The molecule has 0 aromatic rings. The van der Waals surface area contributed by atoms with Crippen LogP contribution in [0, 0.1) is 17.8 Å². The maximum atomic E-state index is 12.2. The van der Waals surface area contributed by atoms with Crippen LogP contribution in [0.3, 0.4) is 0 Å². The van der Waals surface area contributed by atoms with Gasteiger partial charge in [-0.2, -0.15) is 0 Å². The number of amides is 1. The highest BCUT2D eigenvalue weighted by molar-refractivity contribution is 5.79. The Hall–Kier alpha value is -0.570. The highest BCUT2D eigenvalue weighted by Gasteiger charge is 2.31. The largest absolute Gasteiger partial charge is 0.353 e. The first kappa shape index (κ1) is 12.9. The molecule has 1 saturated carbocycles. The minimum Gasteiger partial charge on any atom is -0.353 e. The van der Waals surface area contributed by atoms with E-state index in [-0.39, 0.29) is 11.8 Å². The molecule has 1 amide bonds. The number of carbonyl (C=O) groups is 1. The van der Waals surface area contributed by atoms with Gasteiger partial charge in [0.15, 0.2) is 0 Å². The zero-order valence-corrected chi connectivity index (χ0v) is 11.2. The van der Waals surface area contributed by atoms with Crippen LogP contribution in [0.15, 0.2) is 0 Å². The second kappa shape index (κ2) is 5.85. The molecule has 2 fully saturated rings. The Labute approximate surface area is 105 Å².